The van der Waals surface area contributed by atoms with E-state index in [-0.39, 0.29) is 12.0 Å². The molecule has 0 saturated heterocycles. The lowest BCUT2D eigenvalue weighted by atomic mass is 10.0. The van der Waals surface area contributed by atoms with E-state index in [1.54, 1.807) is 0 Å². The molecule has 1 atom stereocenters. The van der Waals surface area contributed by atoms with Crippen LogP contribution in [0.1, 0.15) is 18.1 Å². The Morgan fingerprint density at radius 3 is 2.48 bits per heavy atom. The van der Waals surface area contributed by atoms with Crippen LogP contribution < -0.4 is 11.1 Å². The second kappa shape index (κ2) is 7.61. The van der Waals surface area contributed by atoms with E-state index in [1.165, 1.54) is 12.1 Å². The summed E-state index contributed by atoms with van der Waals surface area (Å²) in [7, 11) is 0. The van der Waals surface area contributed by atoms with E-state index < -0.39 is 42.2 Å². The number of alkyl halides is 3. The fraction of sp³-hybridized carbons (Fsp3) is 0.357. The van der Waals surface area contributed by atoms with Gasteiger partial charge in [-0.3, -0.25) is 14.4 Å². The van der Waals surface area contributed by atoms with Crippen molar-refractivity contribution in [3.63, 3.8) is 0 Å². The molecule has 1 aromatic rings. The number of esters is 1. The first-order valence-electron chi connectivity index (χ1n) is 6.47. The molecule has 0 radical (unpaired) electrons. The maximum atomic E-state index is 12.6. The highest BCUT2D eigenvalue weighted by molar-refractivity contribution is 5.88. The third-order valence-electron chi connectivity index (χ3n) is 2.78. The van der Waals surface area contributed by atoms with Crippen LogP contribution in [0.5, 0.6) is 0 Å². The maximum absolute atomic E-state index is 12.6. The number of nitrogens with two attached hydrogens (primary N) is 1. The average Bonchev–Trinajstić information content (AvgIpc) is 2.43. The second-order valence-electron chi connectivity index (χ2n) is 4.70. The van der Waals surface area contributed by atoms with Crippen molar-refractivity contribution in [2.45, 2.75) is 25.6 Å². The van der Waals surface area contributed by atoms with Crippen LogP contribution in [0, 0.1) is 0 Å². The Kier molecular flexibility index (Phi) is 6.11. The van der Waals surface area contributed by atoms with Gasteiger partial charge in [0.15, 0.2) is 6.61 Å². The molecule has 0 aliphatic heterocycles. The van der Waals surface area contributed by atoms with Crippen LogP contribution in [0.3, 0.4) is 0 Å². The Morgan fingerprint density at radius 2 is 1.96 bits per heavy atom. The van der Waals surface area contributed by atoms with Gasteiger partial charge in [-0.1, -0.05) is 18.2 Å². The van der Waals surface area contributed by atoms with E-state index in [1.807, 2.05) is 0 Å². The molecule has 1 rings (SSSR count). The minimum absolute atomic E-state index is 0.177. The molecule has 2 amide bonds. The summed E-state index contributed by atoms with van der Waals surface area (Å²) in [6.07, 6.45) is -4.73. The number of halogens is 3. The summed E-state index contributed by atoms with van der Waals surface area (Å²) in [6.45, 7) is 0.489. The second-order valence-corrected chi connectivity index (χ2v) is 4.70. The molecule has 9 heteroatoms. The number of amides is 2. The summed E-state index contributed by atoms with van der Waals surface area (Å²) in [4.78, 5) is 33.4. The van der Waals surface area contributed by atoms with Gasteiger partial charge in [0.25, 0.3) is 5.91 Å². The summed E-state index contributed by atoms with van der Waals surface area (Å²) in [5.41, 5.74) is 4.44. The lowest BCUT2D eigenvalue weighted by Gasteiger charge is -2.16. The molecule has 126 valence electrons. The van der Waals surface area contributed by atoms with Crippen molar-refractivity contribution in [3.8, 4) is 0 Å². The number of carbonyl (C=O) groups excluding carboxylic acids is 3. The molecule has 0 spiro atoms. The van der Waals surface area contributed by atoms with Gasteiger partial charge in [0, 0.05) is 13.3 Å². The molecule has 0 unspecified atom stereocenters. The first-order valence-corrected chi connectivity index (χ1v) is 6.47. The average molecular weight is 332 g/mol. The number of hydrogen-bond donors (Lipinski definition) is 2. The van der Waals surface area contributed by atoms with Crippen LogP contribution in [-0.2, 0) is 31.7 Å². The first kappa shape index (κ1) is 18.5. The number of ether oxygens (including phenoxy) is 1. The zero-order valence-corrected chi connectivity index (χ0v) is 12.1. The first-order chi connectivity index (χ1) is 10.6. The SMILES string of the molecule is CC(=O)OCC(=O)N[C@@H](Cc1cccc(C(F)(F)F)c1)C(N)=O. The number of primary amides is 1. The third kappa shape index (κ3) is 6.37. The molecule has 0 aliphatic carbocycles. The van der Waals surface area contributed by atoms with Gasteiger partial charge in [-0.05, 0) is 11.6 Å². The summed E-state index contributed by atoms with van der Waals surface area (Å²) in [6, 6.07) is 3.11. The van der Waals surface area contributed by atoms with Gasteiger partial charge in [0.2, 0.25) is 5.91 Å². The van der Waals surface area contributed by atoms with Crippen molar-refractivity contribution in [1.29, 1.82) is 0 Å². The van der Waals surface area contributed by atoms with E-state index >= 15 is 0 Å². The number of carbonyl (C=O) groups is 3. The molecule has 0 fully saturated rings. The monoisotopic (exact) mass is 332 g/mol. The fourth-order valence-electron chi connectivity index (χ4n) is 1.74. The minimum atomic E-state index is -4.52. The highest BCUT2D eigenvalue weighted by Crippen LogP contribution is 2.29. The molecule has 0 bridgehead atoms. The van der Waals surface area contributed by atoms with E-state index in [4.69, 9.17) is 5.73 Å². The van der Waals surface area contributed by atoms with Gasteiger partial charge in [-0.15, -0.1) is 0 Å². The van der Waals surface area contributed by atoms with E-state index in [2.05, 4.69) is 10.1 Å². The standard InChI is InChI=1S/C14H15F3N2O4/c1-8(20)23-7-12(21)19-11(13(18)22)6-9-3-2-4-10(5-9)14(15,16)17/h2-5,11H,6-7H2,1H3,(H2,18,22)(H,19,21)/t11-/m0/s1. The lowest BCUT2D eigenvalue weighted by molar-refractivity contribution is -0.146. The molecule has 23 heavy (non-hydrogen) atoms. The van der Waals surface area contributed by atoms with Gasteiger partial charge in [-0.25, -0.2) is 0 Å². The topological polar surface area (TPSA) is 98.5 Å². The zero-order valence-electron chi connectivity index (χ0n) is 12.1. The van der Waals surface area contributed by atoms with Gasteiger partial charge >= 0.3 is 12.1 Å². The Hall–Kier alpha value is -2.58. The van der Waals surface area contributed by atoms with Crippen LogP contribution in [0.15, 0.2) is 24.3 Å². The van der Waals surface area contributed by atoms with Gasteiger partial charge < -0.3 is 15.8 Å². The van der Waals surface area contributed by atoms with Crippen LogP contribution in [0.4, 0.5) is 13.2 Å². The Labute approximate surface area is 129 Å². The van der Waals surface area contributed by atoms with Crippen LogP contribution in [0.2, 0.25) is 0 Å². The minimum Gasteiger partial charge on any atom is -0.456 e. The molecule has 1 aromatic carbocycles. The third-order valence-corrected chi connectivity index (χ3v) is 2.78. The van der Waals surface area contributed by atoms with Crippen molar-refractivity contribution in [1.82, 2.24) is 5.32 Å². The normalized spacial score (nSPS) is 12.3. The Morgan fingerprint density at radius 1 is 1.30 bits per heavy atom. The lowest BCUT2D eigenvalue weighted by Crippen LogP contribution is -2.47. The van der Waals surface area contributed by atoms with Crippen molar-refractivity contribution in [3.05, 3.63) is 35.4 Å². The van der Waals surface area contributed by atoms with Crippen LogP contribution in [-0.4, -0.2) is 30.4 Å². The summed E-state index contributed by atoms with van der Waals surface area (Å²) < 4.78 is 42.4. The van der Waals surface area contributed by atoms with Gasteiger partial charge in [0.05, 0.1) is 5.56 Å². The summed E-state index contributed by atoms with van der Waals surface area (Å²) in [5.74, 6) is -2.39. The maximum Gasteiger partial charge on any atom is 0.416 e. The quantitative estimate of drug-likeness (QED) is 0.752. The number of benzene rings is 1. The molecule has 0 saturated carbocycles. The predicted molar refractivity (Wildman–Crippen MR) is 72.9 cm³/mol. The van der Waals surface area contributed by atoms with E-state index in [0.717, 1.165) is 19.1 Å². The Balaban J connectivity index is 2.79. The molecular weight excluding hydrogens is 317 g/mol. The zero-order chi connectivity index (χ0) is 17.6. The largest absolute Gasteiger partial charge is 0.456 e. The summed E-state index contributed by atoms with van der Waals surface area (Å²) >= 11 is 0. The van der Waals surface area contributed by atoms with Crippen molar-refractivity contribution in [2.75, 3.05) is 6.61 Å². The van der Waals surface area contributed by atoms with E-state index in [9.17, 15) is 27.6 Å². The molecular formula is C14H15F3N2O4. The smallest absolute Gasteiger partial charge is 0.416 e. The van der Waals surface area contributed by atoms with Crippen molar-refractivity contribution >= 4 is 17.8 Å². The molecule has 0 heterocycles. The fourth-order valence-corrected chi connectivity index (χ4v) is 1.74. The highest BCUT2D eigenvalue weighted by Gasteiger charge is 2.30. The predicted octanol–water partition coefficient (Wildman–Crippen LogP) is 0.781. The Bertz CT molecular complexity index is 602. The highest BCUT2D eigenvalue weighted by atomic mass is 19.4. The molecule has 0 aromatic heterocycles. The van der Waals surface area contributed by atoms with E-state index in [0.29, 0.717) is 0 Å². The van der Waals surface area contributed by atoms with Crippen molar-refractivity contribution < 1.29 is 32.3 Å². The van der Waals surface area contributed by atoms with Crippen LogP contribution in [0.25, 0.3) is 0 Å². The molecule has 6 nitrogen and oxygen atoms in total. The number of nitrogens with one attached hydrogen (secondary N) is 1. The van der Waals surface area contributed by atoms with Crippen molar-refractivity contribution in [2.24, 2.45) is 5.73 Å². The van der Waals surface area contributed by atoms with Crippen LogP contribution >= 0.6 is 0 Å². The molecule has 0 aliphatic rings. The van der Waals surface area contributed by atoms with Gasteiger partial charge in [-0.2, -0.15) is 13.2 Å². The summed E-state index contributed by atoms with van der Waals surface area (Å²) in [5, 5.41) is 2.21. The number of hydrogen-bond acceptors (Lipinski definition) is 4. The molecule has 3 N–H and O–H groups in total. The number of rotatable bonds is 6. The van der Waals surface area contributed by atoms with Gasteiger partial charge in [0.1, 0.15) is 6.04 Å².